The Bertz CT molecular complexity index is 484. The van der Waals surface area contributed by atoms with Crippen molar-refractivity contribution in [1.29, 1.82) is 0 Å². The van der Waals surface area contributed by atoms with E-state index in [0.717, 1.165) is 4.90 Å². The molecule has 1 aromatic carbocycles. The molecule has 0 N–H and O–H groups in total. The van der Waals surface area contributed by atoms with Crippen LogP contribution in [0.1, 0.15) is 13.8 Å². The molecule has 1 aliphatic rings. The van der Waals surface area contributed by atoms with Crippen molar-refractivity contribution in [2.75, 3.05) is 11.4 Å². The Morgan fingerprint density at radius 2 is 1.94 bits per heavy atom. The number of alkyl halides is 3. The van der Waals surface area contributed by atoms with Crippen molar-refractivity contribution in [3.05, 3.63) is 24.3 Å². The summed E-state index contributed by atoms with van der Waals surface area (Å²) >= 11 is 1.48. The third kappa shape index (κ3) is 2.48. The van der Waals surface area contributed by atoms with Gasteiger partial charge in [0.25, 0.3) is 0 Å². The lowest BCUT2D eigenvalue weighted by Crippen LogP contribution is -2.49. The summed E-state index contributed by atoms with van der Waals surface area (Å²) in [6.45, 7) is 3.70. The van der Waals surface area contributed by atoms with Crippen molar-refractivity contribution < 1.29 is 18.0 Å². The maximum absolute atomic E-state index is 12.6. The van der Waals surface area contributed by atoms with Crippen molar-refractivity contribution in [3.8, 4) is 0 Å². The molecule has 0 spiro atoms. The zero-order chi connectivity index (χ0) is 13.6. The molecule has 0 radical (unpaired) electrons. The van der Waals surface area contributed by atoms with Crippen molar-refractivity contribution >= 4 is 23.4 Å². The predicted molar refractivity (Wildman–Crippen MR) is 64.8 cm³/mol. The molecule has 0 saturated carbocycles. The smallest absolute Gasteiger partial charge is 0.302 e. The van der Waals surface area contributed by atoms with Crippen LogP contribution in [0.4, 0.5) is 18.9 Å². The number of hydrogen-bond donors (Lipinski definition) is 0. The minimum atomic E-state index is -4.84. The minimum absolute atomic E-state index is 0.0486. The molecule has 1 heterocycles. The Kier molecular flexibility index (Phi) is 3.09. The maximum Gasteiger partial charge on any atom is 0.471 e. The van der Waals surface area contributed by atoms with Crippen LogP contribution >= 0.6 is 11.8 Å². The molecule has 0 unspecified atom stereocenters. The third-order valence-electron chi connectivity index (χ3n) is 2.57. The van der Waals surface area contributed by atoms with E-state index in [1.807, 2.05) is 13.8 Å². The van der Waals surface area contributed by atoms with Gasteiger partial charge in [-0.3, -0.25) is 4.79 Å². The molecular weight excluding hydrogens is 263 g/mol. The quantitative estimate of drug-likeness (QED) is 0.722. The number of carbonyl (C=O) groups excluding carboxylic acids is 1. The van der Waals surface area contributed by atoms with Crippen LogP contribution in [-0.4, -0.2) is 23.4 Å². The predicted octanol–water partition coefficient (Wildman–Crippen LogP) is 3.47. The molecule has 0 atom stereocenters. The van der Waals surface area contributed by atoms with Gasteiger partial charge in [-0.05, 0) is 26.0 Å². The van der Waals surface area contributed by atoms with Gasteiger partial charge in [-0.2, -0.15) is 13.2 Å². The van der Waals surface area contributed by atoms with Gasteiger partial charge in [0.05, 0.1) is 5.69 Å². The lowest BCUT2D eigenvalue weighted by molar-refractivity contribution is -0.170. The summed E-state index contributed by atoms with van der Waals surface area (Å²) in [4.78, 5) is 13.0. The van der Waals surface area contributed by atoms with Gasteiger partial charge in [0, 0.05) is 16.2 Å². The monoisotopic (exact) mass is 275 g/mol. The lowest BCUT2D eigenvalue weighted by Gasteiger charge is -2.38. The molecule has 1 aromatic rings. The number of nitrogens with zero attached hydrogens (tertiary/aromatic N) is 1. The fourth-order valence-corrected chi connectivity index (χ4v) is 3.11. The number of halogens is 3. The maximum atomic E-state index is 12.6. The molecule has 2 rings (SSSR count). The Labute approximate surface area is 107 Å². The Morgan fingerprint density at radius 3 is 2.56 bits per heavy atom. The lowest BCUT2D eigenvalue weighted by atomic mass is 10.1. The normalized spacial score (nSPS) is 18.4. The van der Waals surface area contributed by atoms with Crippen LogP contribution in [0.3, 0.4) is 0 Å². The van der Waals surface area contributed by atoms with Gasteiger partial charge in [0.2, 0.25) is 0 Å². The van der Waals surface area contributed by atoms with Crippen molar-refractivity contribution in [2.24, 2.45) is 0 Å². The van der Waals surface area contributed by atoms with Gasteiger partial charge in [-0.1, -0.05) is 12.1 Å². The molecule has 0 fully saturated rings. The van der Waals surface area contributed by atoms with Crippen molar-refractivity contribution in [2.45, 2.75) is 29.7 Å². The highest BCUT2D eigenvalue weighted by Gasteiger charge is 2.46. The fraction of sp³-hybridized carbons (Fsp3) is 0.417. The van der Waals surface area contributed by atoms with Crippen LogP contribution in [0.25, 0.3) is 0 Å². The van der Waals surface area contributed by atoms with Crippen LogP contribution < -0.4 is 4.90 Å². The van der Waals surface area contributed by atoms with Crippen LogP contribution in [0.15, 0.2) is 29.2 Å². The number of carbonyl (C=O) groups is 1. The van der Waals surface area contributed by atoms with Crippen LogP contribution in [0.5, 0.6) is 0 Å². The van der Waals surface area contributed by atoms with Crippen LogP contribution in [0, 0.1) is 0 Å². The zero-order valence-corrected chi connectivity index (χ0v) is 10.7. The van der Waals surface area contributed by atoms with E-state index in [4.69, 9.17) is 0 Å². The third-order valence-corrected chi connectivity index (χ3v) is 3.82. The summed E-state index contributed by atoms with van der Waals surface area (Å²) in [5.41, 5.74) is 0.337. The van der Waals surface area contributed by atoms with Crippen molar-refractivity contribution in [3.63, 3.8) is 0 Å². The summed E-state index contributed by atoms with van der Waals surface area (Å²) in [5, 5.41) is 0. The minimum Gasteiger partial charge on any atom is -0.302 e. The molecule has 1 aliphatic heterocycles. The number of thioether (sulfide) groups is 1. The second-order valence-electron chi connectivity index (χ2n) is 4.72. The highest BCUT2D eigenvalue weighted by atomic mass is 32.2. The first-order valence-electron chi connectivity index (χ1n) is 5.37. The molecule has 98 valence electrons. The molecular formula is C12H12F3NOS. The van der Waals surface area contributed by atoms with E-state index in [9.17, 15) is 18.0 Å². The van der Waals surface area contributed by atoms with Gasteiger partial charge < -0.3 is 4.90 Å². The van der Waals surface area contributed by atoms with E-state index >= 15 is 0 Å². The van der Waals surface area contributed by atoms with E-state index in [2.05, 4.69) is 0 Å². The van der Waals surface area contributed by atoms with E-state index in [0.29, 0.717) is 10.6 Å². The van der Waals surface area contributed by atoms with Gasteiger partial charge in [-0.15, -0.1) is 11.8 Å². The molecule has 0 saturated heterocycles. The SMILES string of the molecule is CC1(C)CN(C(=O)C(F)(F)F)c2ccccc2S1. The Hall–Kier alpha value is -1.17. The van der Waals surface area contributed by atoms with Gasteiger partial charge >= 0.3 is 12.1 Å². The highest BCUT2D eigenvalue weighted by molar-refractivity contribution is 8.00. The molecule has 0 aromatic heterocycles. The molecule has 0 bridgehead atoms. The molecule has 1 amide bonds. The van der Waals surface area contributed by atoms with E-state index < -0.39 is 16.8 Å². The standard InChI is InChI=1S/C12H12F3NOS/c1-11(2)7-16(10(17)12(13,14)15)8-5-3-4-6-9(8)18-11/h3-6H,7H2,1-2H3. The number of hydrogen-bond acceptors (Lipinski definition) is 2. The average Bonchev–Trinajstić information content (AvgIpc) is 2.24. The van der Waals surface area contributed by atoms with Crippen LogP contribution in [0.2, 0.25) is 0 Å². The zero-order valence-electron chi connectivity index (χ0n) is 9.91. The summed E-state index contributed by atoms with van der Waals surface area (Å²) in [5.74, 6) is -1.80. The summed E-state index contributed by atoms with van der Waals surface area (Å²) < 4.78 is 37.3. The van der Waals surface area contributed by atoms with E-state index in [-0.39, 0.29) is 6.54 Å². The van der Waals surface area contributed by atoms with E-state index in [1.54, 1.807) is 24.3 Å². The molecule has 0 aliphatic carbocycles. The van der Waals surface area contributed by atoms with Gasteiger partial charge in [0.1, 0.15) is 0 Å². The first-order chi connectivity index (χ1) is 8.21. The second-order valence-corrected chi connectivity index (χ2v) is 6.47. The first kappa shape index (κ1) is 13.3. The molecule has 6 heteroatoms. The number of fused-ring (bicyclic) bond motifs is 1. The Morgan fingerprint density at radius 1 is 1.33 bits per heavy atom. The average molecular weight is 275 g/mol. The Balaban J connectivity index is 2.45. The fourth-order valence-electron chi connectivity index (χ4n) is 1.90. The van der Waals surface area contributed by atoms with Gasteiger partial charge in [0.15, 0.2) is 0 Å². The number of benzene rings is 1. The summed E-state index contributed by atoms with van der Waals surface area (Å²) in [6, 6.07) is 6.66. The first-order valence-corrected chi connectivity index (χ1v) is 6.19. The molecule has 2 nitrogen and oxygen atoms in total. The van der Waals surface area contributed by atoms with E-state index in [1.165, 1.54) is 11.8 Å². The second kappa shape index (κ2) is 4.19. The van der Waals surface area contributed by atoms with Crippen LogP contribution in [-0.2, 0) is 4.79 Å². The summed E-state index contributed by atoms with van der Waals surface area (Å²) in [6.07, 6.45) is -4.84. The highest BCUT2D eigenvalue weighted by Crippen LogP contribution is 2.45. The number of para-hydroxylation sites is 1. The number of amides is 1. The topological polar surface area (TPSA) is 20.3 Å². The summed E-state index contributed by atoms with van der Waals surface area (Å²) in [7, 11) is 0. The van der Waals surface area contributed by atoms with Crippen molar-refractivity contribution in [1.82, 2.24) is 0 Å². The molecule has 18 heavy (non-hydrogen) atoms. The number of anilines is 1. The largest absolute Gasteiger partial charge is 0.471 e. The van der Waals surface area contributed by atoms with Gasteiger partial charge in [-0.25, -0.2) is 0 Å². The number of rotatable bonds is 0.